The van der Waals surface area contributed by atoms with E-state index in [1.807, 2.05) is 19.9 Å². The molecule has 2 bridgehead atoms. The molecule has 4 heteroatoms. The first-order chi connectivity index (χ1) is 11.3. The number of aliphatic hydroxyl groups is 2. The van der Waals surface area contributed by atoms with Gasteiger partial charge < -0.3 is 14.9 Å². The summed E-state index contributed by atoms with van der Waals surface area (Å²) in [5, 5.41) is 21.7. The molecule has 0 aromatic heterocycles. The van der Waals surface area contributed by atoms with Crippen LogP contribution in [0.3, 0.4) is 0 Å². The molecule has 0 radical (unpaired) electrons. The Balaban J connectivity index is 1.78. The van der Waals surface area contributed by atoms with E-state index in [-0.39, 0.29) is 41.0 Å². The molecular weight excluding hydrogens is 304 g/mol. The fourth-order valence-corrected chi connectivity index (χ4v) is 5.78. The number of allylic oxidation sites excluding steroid dienone is 2. The summed E-state index contributed by atoms with van der Waals surface area (Å²) in [5.41, 5.74) is 1.42. The number of epoxide rings is 1. The maximum Gasteiger partial charge on any atom is 0.146 e. The van der Waals surface area contributed by atoms with Crippen LogP contribution in [-0.2, 0) is 9.53 Å². The quantitative estimate of drug-likeness (QED) is 0.463. The van der Waals surface area contributed by atoms with Gasteiger partial charge in [0.05, 0.1) is 18.3 Å². The fourth-order valence-electron chi connectivity index (χ4n) is 5.78. The number of carbonyl (C=O) groups is 1. The molecule has 0 aromatic carbocycles. The van der Waals surface area contributed by atoms with Crippen LogP contribution >= 0.6 is 0 Å². The molecule has 3 fully saturated rings. The molecule has 2 N–H and O–H groups in total. The molecule has 2 saturated carbocycles. The first-order valence-electron chi connectivity index (χ1n) is 9.16. The Hall–Kier alpha value is -0.970. The van der Waals surface area contributed by atoms with Gasteiger partial charge in [0.25, 0.3) is 0 Å². The first-order valence-corrected chi connectivity index (χ1v) is 9.16. The van der Waals surface area contributed by atoms with Gasteiger partial charge in [-0.15, -0.1) is 0 Å². The highest BCUT2D eigenvalue weighted by Gasteiger charge is 2.72. The molecule has 132 valence electrons. The monoisotopic (exact) mass is 332 g/mol. The van der Waals surface area contributed by atoms with E-state index < -0.39 is 6.10 Å². The minimum atomic E-state index is -0.531. The minimum absolute atomic E-state index is 0.0270. The molecule has 1 saturated heterocycles. The van der Waals surface area contributed by atoms with Crippen molar-refractivity contribution in [3.05, 3.63) is 23.3 Å². The van der Waals surface area contributed by atoms with Crippen molar-refractivity contribution < 1.29 is 19.7 Å². The Labute approximate surface area is 143 Å². The highest BCUT2D eigenvalue weighted by Crippen LogP contribution is 2.65. The Morgan fingerprint density at radius 1 is 1.38 bits per heavy atom. The largest absolute Gasteiger partial charge is 0.392 e. The number of hydrogen-bond acceptors (Lipinski definition) is 4. The molecule has 1 heterocycles. The lowest BCUT2D eigenvalue weighted by atomic mass is 9.61. The Kier molecular flexibility index (Phi) is 3.62. The Bertz CT molecular complexity index is 619. The van der Waals surface area contributed by atoms with E-state index in [0.29, 0.717) is 6.42 Å². The number of fused-ring (bicyclic) bond motifs is 2. The SMILES string of the molecule is CC(C)=CC1C=C(C=O)C2CCC3(C)CC4(OC4CC3O)C2C1O. The number of carbonyl (C=O) groups excluding carboxylic acids is 1. The van der Waals surface area contributed by atoms with Crippen LogP contribution < -0.4 is 0 Å². The van der Waals surface area contributed by atoms with Crippen LogP contribution in [0.25, 0.3) is 0 Å². The number of aliphatic hydroxyl groups excluding tert-OH is 2. The van der Waals surface area contributed by atoms with E-state index >= 15 is 0 Å². The lowest BCUT2D eigenvalue weighted by molar-refractivity contribution is -0.106. The van der Waals surface area contributed by atoms with Crippen molar-refractivity contribution in [3.8, 4) is 0 Å². The third-order valence-corrected chi connectivity index (χ3v) is 7.03. The van der Waals surface area contributed by atoms with Gasteiger partial charge in [-0.1, -0.05) is 24.6 Å². The second-order valence-corrected chi connectivity index (χ2v) is 8.91. The van der Waals surface area contributed by atoms with Crippen molar-refractivity contribution in [1.82, 2.24) is 0 Å². The lowest BCUT2D eigenvalue weighted by Crippen LogP contribution is -2.50. The summed E-state index contributed by atoms with van der Waals surface area (Å²) in [6, 6.07) is 0. The number of ether oxygens (including phenoxy) is 1. The summed E-state index contributed by atoms with van der Waals surface area (Å²) in [7, 11) is 0. The first kappa shape index (κ1) is 16.5. The molecular formula is C20H28O4. The molecule has 8 atom stereocenters. The van der Waals surface area contributed by atoms with Crippen LogP contribution in [0.5, 0.6) is 0 Å². The van der Waals surface area contributed by atoms with Gasteiger partial charge in [-0.25, -0.2) is 0 Å². The summed E-state index contributed by atoms with van der Waals surface area (Å²) in [5.74, 6) is -0.147. The van der Waals surface area contributed by atoms with Gasteiger partial charge in [-0.05, 0) is 50.0 Å². The van der Waals surface area contributed by atoms with E-state index in [9.17, 15) is 15.0 Å². The van der Waals surface area contributed by atoms with Gasteiger partial charge in [0.1, 0.15) is 11.9 Å². The van der Waals surface area contributed by atoms with Crippen LogP contribution in [0.1, 0.15) is 46.5 Å². The van der Waals surface area contributed by atoms with Crippen molar-refractivity contribution in [3.63, 3.8) is 0 Å². The minimum Gasteiger partial charge on any atom is -0.392 e. The van der Waals surface area contributed by atoms with Gasteiger partial charge in [0.15, 0.2) is 0 Å². The van der Waals surface area contributed by atoms with Gasteiger partial charge in [-0.2, -0.15) is 0 Å². The number of hydrogen-bond donors (Lipinski definition) is 2. The number of aldehydes is 1. The highest BCUT2D eigenvalue weighted by atomic mass is 16.6. The van der Waals surface area contributed by atoms with Crippen LogP contribution in [0.2, 0.25) is 0 Å². The second kappa shape index (κ2) is 5.26. The van der Waals surface area contributed by atoms with Crippen LogP contribution in [0.4, 0.5) is 0 Å². The topological polar surface area (TPSA) is 70.1 Å². The molecule has 3 aliphatic carbocycles. The molecule has 24 heavy (non-hydrogen) atoms. The van der Waals surface area contributed by atoms with Crippen molar-refractivity contribution >= 4 is 6.29 Å². The van der Waals surface area contributed by atoms with Crippen LogP contribution in [0, 0.1) is 23.2 Å². The van der Waals surface area contributed by atoms with Crippen LogP contribution in [0.15, 0.2) is 23.3 Å². The molecule has 0 amide bonds. The zero-order chi connectivity index (χ0) is 17.3. The van der Waals surface area contributed by atoms with E-state index in [4.69, 9.17) is 4.74 Å². The predicted molar refractivity (Wildman–Crippen MR) is 90.2 cm³/mol. The highest BCUT2D eigenvalue weighted by molar-refractivity contribution is 5.75. The summed E-state index contributed by atoms with van der Waals surface area (Å²) < 4.78 is 6.15. The lowest BCUT2D eigenvalue weighted by Gasteiger charge is -2.43. The van der Waals surface area contributed by atoms with Crippen LogP contribution in [-0.4, -0.2) is 40.4 Å². The van der Waals surface area contributed by atoms with E-state index in [2.05, 4.69) is 13.0 Å². The Morgan fingerprint density at radius 3 is 2.79 bits per heavy atom. The van der Waals surface area contributed by atoms with E-state index in [0.717, 1.165) is 36.7 Å². The average Bonchev–Trinajstić information content (AvgIpc) is 3.21. The van der Waals surface area contributed by atoms with Crippen molar-refractivity contribution in [1.29, 1.82) is 0 Å². The summed E-state index contributed by atoms with van der Waals surface area (Å²) in [4.78, 5) is 11.8. The molecule has 4 aliphatic rings. The molecule has 4 rings (SSSR count). The van der Waals surface area contributed by atoms with Crippen molar-refractivity contribution in [2.24, 2.45) is 23.2 Å². The van der Waals surface area contributed by atoms with Crippen molar-refractivity contribution in [2.75, 3.05) is 0 Å². The van der Waals surface area contributed by atoms with Crippen molar-refractivity contribution in [2.45, 2.75) is 70.4 Å². The summed E-state index contributed by atoms with van der Waals surface area (Å²) in [6.45, 7) is 6.17. The zero-order valence-electron chi connectivity index (χ0n) is 14.7. The zero-order valence-corrected chi connectivity index (χ0v) is 14.7. The van der Waals surface area contributed by atoms with Gasteiger partial charge >= 0.3 is 0 Å². The normalized spacial score (nSPS) is 52.3. The predicted octanol–water partition coefficient (Wildman–Crippen LogP) is 2.39. The third kappa shape index (κ3) is 2.19. The molecule has 1 spiro atoms. The molecule has 4 nitrogen and oxygen atoms in total. The molecule has 0 aromatic rings. The fraction of sp³-hybridized carbons (Fsp3) is 0.750. The van der Waals surface area contributed by atoms with Gasteiger partial charge in [0.2, 0.25) is 0 Å². The summed E-state index contributed by atoms with van der Waals surface area (Å²) >= 11 is 0. The Morgan fingerprint density at radius 2 is 2.12 bits per heavy atom. The van der Waals surface area contributed by atoms with E-state index in [1.54, 1.807) is 0 Å². The van der Waals surface area contributed by atoms with E-state index in [1.165, 1.54) is 0 Å². The third-order valence-electron chi connectivity index (χ3n) is 7.03. The smallest absolute Gasteiger partial charge is 0.146 e. The second-order valence-electron chi connectivity index (χ2n) is 8.91. The van der Waals surface area contributed by atoms with Gasteiger partial charge in [0, 0.05) is 18.3 Å². The molecule has 8 unspecified atom stereocenters. The van der Waals surface area contributed by atoms with Gasteiger partial charge in [-0.3, -0.25) is 4.79 Å². The summed E-state index contributed by atoms with van der Waals surface area (Å²) in [6.07, 6.45) is 7.27. The maximum absolute atomic E-state index is 11.8. The molecule has 1 aliphatic heterocycles. The average molecular weight is 332 g/mol. The maximum atomic E-state index is 11.8. The number of rotatable bonds is 2. The standard InChI is InChI=1S/C20H28O4/c1-11(2)6-12-7-13(9-21)14-4-5-19(3)10-20(17(14)18(12)23)16(24-20)8-15(19)22/h6-7,9,12,14-18,22-23H,4-5,8,10H2,1-3H3.